The van der Waals surface area contributed by atoms with Gasteiger partial charge in [0.15, 0.2) is 0 Å². The lowest BCUT2D eigenvalue weighted by Gasteiger charge is -2.13. The number of ether oxygens (including phenoxy) is 1. The third-order valence-electron chi connectivity index (χ3n) is 1.99. The fourth-order valence-corrected chi connectivity index (χ4v) is 1.23. The third-order valence-corrected chi connectivity index (χ3v) is 1.99. The van der Waals surface area contributed by atoms with Crippen molar-refractivity contribution in [2.45, 2.75) is 19.4 Å². The summed E-state index contributed by atoms with van der Waals surface area (Å²) in [6.45, 7) is 1.92. The monoisotopic (exact) mass is 214 g/mol. The fourth-order valence-electron chi connectivity index (χ4n) is 1.23. The minimum Gasteiger partial charge on any atom is -0.493 e. The average molecular weight is 214 g/mol. The summed E-state index contributed by atoms with van der Waals surface area (Å²) < 4.78 is 18.2. The summed E-state index contributed by atoms with van der Waals surface area (Å²) in [6, 6.07) is 4.01. The van der Waals surface area contributed by atoms with Gasteiger partial charge in [0.05, 0.1) is 12.7 Å². The molecule has 3 nitrogen and oxygen atoms in total. The van der Waals surface area contributed by atoms with Crippen molar-refractivity contribution in [3.05, 3.63) is 29.6 Å². The lowest BCUT2D eigenvalue weighted by atomic mass is 10.1. The maximum atomic E-state index is 12.9. The molecule has 4 heteroatoms. The van der Waals surface area contributed by atoms with Crippen LogP contribution in [-0.4, -0.2) is 23.4 Å². The van der Waals surface area contributed by atoms with E-state index in [-0.39, 0.29) is 6.61 Å². The van der Waals surface area contributed by atoms with Gasteiger partial charge in [0.1, 0.15) is 11.6 Å². The van der Waals surface area contributed by atoms with Crippen LogP contribution < -0.4 is 4.74 Å². The first-order valence-electron chi connectivity index (χ1n) is 4.86. The SMILES string of the molecule is C[C@@H](O)c1ccc(F)cc1OCCCO. The number of hydrogen-bond acceptors (Lipinski definition) is 3. The molecule has 0 aliphatic carbocycles. The predicted molar refractivity (Wildman–Crippen MR) is 54.2 cm³/mol. The van der Waals surface area contributed by atoms with Gasteiger partial charge in [0.2, 0.25) is 0 Å². The van der Waals surface area contributed by atoms with Crippen molar-refractivity contribution in [3.8, 4) is 5.75 Å². The zero-order chi connectivity index (χ0) is 11.3. The van der Waals surface area contributed by atoms with Crippen LogP contribution in [0.15, 0.2) is 18.2 Å². The first-order chi connectivity index (χ1) is 7.15. The molecular formula is C11H15FO3. The number of benzene rings is 1. The van der Waals surface area contributed by atoms with Crippen molar-refractivity contribution in [3.63, 3.8) is 0 Å². The molecule has 15 heavy (non-hydrogen) atoms. The standard InChI is InChI=1S/C11H15FO3/c1-8(14)10-4-3-9(12)7-11(10)15-6-2-5-13/h3-4,7-8,13-14H,2,5-6H2,1H3/t8-/m1/s1. The Bertz CT molecular complexity index is 313. The van der Waals surface area contributed by atoms with Gasteiger partial charge in [-0.2, -0.15) is 0 Å². The van der Waals surface area contributed by atoms with Crippen molar-refractivity contribution in [2.75, 3.05) is 13.2 Å². The Morgan fingerprint density at radius 2 is 2.20 bits per heavy atom. The first-order valence-corrected chi connectivity index (χ1v) is 4.86. The van der Waals surface area contributed by atoms with Crippen molar-refractivity contribution >= 4 is 0 Å². The highest BCUT2D eigenvalue weighted by Crippen LogP contribution is 2.25. The second-order valence-electron chi connectivity index (χ2n) is 3.28. The number of aliphatic hydroxyl groups excluding tert-OH is 2. The highest BCUT2D eigenvalue weighted by atomic mass is 19.1. The molecule has 0 aromatic heterocycles. The normalized spacial score (nSPS) is 12.5. The number of aliphatic hydroxyl groups is 2. The van der Waals surface area contributed by atoms with Gasteiger partial charge < -0.3 is 14.9 Å². The molecule has 0 radical (unpaired) electrons. The molecule has 0 heterocycles. The van der Waals surface area contributed by atoms with Crippen molar-refractivity contribution in [1.29, 1.82) is 0 Å². The summed E-state index contributed by atoms with van der Waals surface area (Å²) in [6.07, 6.45) is -0.217. The van der Waals surface area contributed by atoms with Crippen LogP contribution in [0.2, 0.25) is 0 Å². The van der Waals surface area contributed by atoms with E-state index in [2.05, 4.69) is 0 Å². The second-order valence-corrected chi connectivity index (χ2v) is 3.28. The molecule has 0 aliphatic rings. The van der Waals surface area contributed by atoms with Gasteiger partial charge in [-0.05, 0) is 19.1 Å². The van der Waals surface area contributed by atoms with Crippen LogP contribution in [0.3, 0.4) is 0 Å². The van der Waals surface area contributed by atoms with E-state index in [1.165, 1.54) is 18.2 Å². The van der Waals surface area contributed by atoms with Gasteiger partial charge in [0, 0.05) is 24.7 Å². The maximum absolute atomic E-state index is 12.9. The second kappa shape index (κ2) is 5.68. The molecular weight excluding hydrogens is 199 g/mol. The van der Waals surface area contributed by atoms with Crippen LogP contribution in [0.4, 0.5) is 4.39 Å². The van der Waals surface area contributed by atoms with Crippen LogP contribution in [0.5, 0.6) is 5.75 Å². The molecule has 0 saturated heterocycles. The minimum absolute atomic E-state index is 0.0271. The molecule has 1 rings (SSSR count). The molecule has 0 unspecified atom stereocenters. The van der Waals surface area contributed by atoms with Crippen molar-refractivity contribution in [2.24, 2.45) is 0 Å². The molecule has 0 fully saturated rings. The van der Waals surface area contributed by atoms with E-state index >= 15 is 0 Å². The number of halogens is 1. The third kappa shape index (κ3) is 3.49. The van der Waals surface area contributed by atoms with E-state index in [4.69, 9.17) is 9.84 Å². The van der Waals surface area contributed by atoms with E-state index in [0.29, 0.717) is 24.3 Å². The molecule has 1 atom stereocenters. The van der Waals surface area contributed by atoms with E-state index in [0.717, 1.165) is 0 Å². The Kier molecular flexibility index (Phi) is 4.52. The molecule has 0 bridgehead atoms. The molecule has 0 aliphatic heterocycles. The van der Waals surface area contributed by atoms with E-state index in [1.807, 2.05) is 0 Å². The fraction of sp³-hybridized carbons (Fsp3) is 0.455. The van der Waals surface area contributed by atoms with E-state index in [1.54, 1.807) is 6.92 Å². The summed E-state index contributed by atoms with van der Waals surface area (Å²) in [7, 11) is 0. The summed E-state index contributed by atoms with van der Waals surface area (Å²) >= 11 is 0. The molecule has 1 aromatic carbocycles. The Morgan fingerprint density at radius 3 is 2.80 bits per heavy atom. The molecule has 0 amide bonds. The van der Waals surface area contributed by atoms with Gasteiger partial charge in [-0.25, -0.2) is 4.39 Å². The molecule has 2 N–H and O–H groups in total. The smallest absolute Gasteiger partial charge is 0.127 e. The number of hydrogen-bond donors (Lipinski definition) is 2. The van der Waals surface area contributed by atoms with Crippen LogP contribution >= 0.6 is 0 Å². The number of rotatable bonds is 5. The summed E-state index contributed by atoms with van der Waals surface area (Å²) in [4.78, 5) is 0. The molecule has 84 valence electrons. The largest absolute Gasteiger partial charge is 0.493 e. The topological polar surface area (TPSA) is 49.7 Å². The summed E-state index contributed by atoms with van der Waals surface area (Å²) in [5.74, 6) is -0.0724. The van der Waals surface area contributed by atoms with Gasteiger partial charge in [-0.15, -0.1) is 0 Å². The molecule has 0 spiro atoms. The Labute approximate surface area is 88.1 Å². The van der Waals surface area contributed by atoms with Gasteiger partial charge in [-0.1, -0.05) is 0 Å². The lowest BCUT2D eigenvalue weighted by Crippen LogP contribution is -2.04. The highest BCUT2D eigenvalue weighted by Gasteiger charge is 2.09. The van der Waals surface area contributed by atoms with Gasteiger partial charge in [0.25, 0.3) is 0 Å². The van der Waals surface area contributed by atoms with Crippen LogP contribution in [0.25, 0.3) is 0 Å². The zero-order valence-electron chi connectivity index (χ0n) is 8.61. The first kappa shape index (κ1) is 11.9. The summed E-state index contributed by atoms with van der Waals surface area (Å²) in [5.41, 5.74) is 0.550. The van der Waals surface area contributed by atoms with Crippen LogP contribution in [0, 0.1) is 5.82 Å². The Balaban J connectivity index is 2.77. The lowest BCUT2D eigenvalue weighted by molar-refractivity contribution is 0.187. The molecule has 1 aromatic rings. The highest BCUT2D eigenvalue weighted by molar-refractivity contribution is 5.35. The van der Waals surface area contributed by atoms with Gasteiger partial charge in [-0.3, -0.25) is 0 Å². The Hall–Kier alpha value is -1.13. The maximum Gasteiger partial charge on any atom is 0.127 e. The van der Waals surface area contributed by atoms with Crippen molar-refractivity contribution in [1.82, 2.24) is 0 Å². The zero-order valence-corrected chi connectivity index (χ0v) is 8.61. The average Bonchev–Trinajstić information content (AvgIpc) is 2.18. The quantitative estimate of drug-likeness (QED) is 0.732. The van der Waals surface area contributed by atoms with Crippen LogP contribution in [-0.2, 0) is 0 Å². The van der Waals surface area contributed by atoms with E-state index < -0.39 is 11.9 Å². The summed E-state index contributed by atoms with van der Waals surface area (Å²) in [5, 5.41) is 18.0. The van der Waals surface area contributed by atoms with Gasteiger partial charge >= 0.3 is 0 Å². The molecule has 0 saturated carbocycles. The van der Waals surface area contributed by atoms with Crippen LogP contribution in [0.1, 0.15) is 25.0 Å². The predicted octanol–water partition coefficient (Wildman–Crippen LogP) is 1.64. The van der Waals surface area contributed by atoms with E-state index in [9.17, 15) is 9.50 Å². The van der Waals surface area contributed by atoms with Crippen molar-refractivity contribution < 1.29 is 19.3 Å². The Morgan fingerprint density at radius 1 is 1.47 bits per heavy atom. The minimum atomic E-state index is -0.699.